The molecule has 8 atom stereocenters. The molecule has 0 radical (unpaired) electrons. The minimum Gasteiger partial charge on any atom is -0.496 e. The number of methoxy groups -OCH3 is 1. The molecular weight excluding hydrogens is 701 g/mol. The summed E-state index contributed by atoms with van der Waals surface area (Å²) in [6, 6.07) is 8.34. The van der Waals surface area contributed by atoms with Gasteiger partial charge in [0.25, 0.3) is 0 Å². The van der Waals surface area contributed by atoms with Crippen molar-refractivity contribution in [1.82, 2.24) is 0 Å². The van der Waals surface area contributed by atoms with Gasteiger partial charge < -0.3 is 14.2 Å². The van der Waals surface area contributed by atoms with Crippen LogP contribution in [0.4, 0.5) is 0 Å². The molecule has 0 heterocycles. The van der Waals surface area contributed by atoms with Gasteiger partial charge >= 0.3 is 5.97 Å². The monoisotopic (exact) mass is 764 g/mol. The number of carbonyl (C=O) groups excluding carboxylic acids is 4. The Labute approximate surface area is 334 Å². The first-order valence-electron chi connectivity index (χ1n) is 21.5. The normalized spacial score (nSPS) is 29.8. The second kappa shape index (κ2) is 15.5. The zero-order chi connectivity index (χ0) is 40.3. The number of rotatable bonds is 16. The molecule has 0 aromatic heterocycles. The quantitative estimate of drug-likeness (QED) is 0.157. The lowest BCUT2D eigenvalue weighted by atomic mass is 9.70. The van der Waals surface area contributed by atoms with Crippen molar-refractivity contribution in [3.05, 3.63) is 53.1 Å². The number of benzene rings is 2. The third-order valence-corrected chi connectivity index (χ3v) is 14.3. The molecule has 7 heteroatoms. The van der Waals surface area contributed by atoms with Crippen molar-refractivity contribution in [2.75, 3.05) is 7.11 Å². The highest BCUT2D eigenvalue weighted by atomic mass is 16.5. The Morgan fingerprint density at radius 3 is 2.25 bits per heavy atom. The molecule has 0 aliphatic heterocycles. The molecule has 7 rings (SSSR count). The highest BCUT2D eigenvalue weighted by Crippen LogP contribution is 2.59. The molecule has 7 nitrogen and oxygen atoms in total. The number of Topliss-reactive ketones (excluding diaryl/α,β-unsaturated/α-hetero) is 3. The minimum absolute atomic E-state index is 0.00160. The van der Waals surface area contributed by atoms with E-state index in [1.165, 1.54) is 17.6 Å². The van der Waals surface area contributed by atoms with Gasteiger partial charge in [0.2, 0.25) is 0 Å². The maximum atomic E-state index is 14.9. The Kier molecular flexibility index (Phi) is 11.2. The summed E-state index contributed by atoms with van der Waals surface area (Å²) in [7, 11) is 1.69. The largest absolute Gasteiger partial charge is 0.496 e. The number of ketones is 3. The van der Waals surface area contributed by atoms with Crippen LogP contribution in [0.5, 0.6) is 11.5 Å². The number of allylic oxidation sites excluding steroid dienone is 4. The summed E-state index contributed by atoms with van der Waals surface area (Å²) in [5, 5.41) is 1.99. The molecule has 8 unspecified atom stereocenters. The van der Waals surface area contributed by atoms with Crippen LogP contribution in [-0.4, -0.2) is 42.6 Å². The summed E-state index contributed by atoms with van der Waals surface area (Å²) in [6.45, 7) is 16.2. The van der Waals surface area contributed by atoms with Gasteiger partial charge in [-0.1, -0.05) is 65.7 Å². The van der Waals surface area contributed by atoms with Crippen molar-refractivity contribution < 1.29 is 33.4 Å². The Hall–Kier alpha value is -3.74. The van der Waals surface area contributed by atoms with Gasteiger partial charge in [0.15, 0.2) is 0 Å². The number of aryl methyl sites for hydroxylation is 1. The number of hydrogen-bond acceptors (Lipinski definition) is 7. The molecule has 56 heavy (non-hydrogen) atoms. The number of ether oxygens (including phenoxy) is 3. The van der Waals surface area contributed by atoms with E-state index in [1.807, 2.05) is 32.9 Å². The molecule has 2 aromatic carbocycles. The van der Waals surface area contributed by atoms with Crippen molar-refractivity contribution in [3.8, 4) is 11.5 Å². The van der Waals surface area contributed by atoms with E-state index in [9.17, 15) is 19.2 Å². The number of carbonyl (C=O) groups is 4. The van der Waals surface area contributed by atoms with Gasteiger partial charge in [-0.05, 0) is 141 Å². The predicted octanol–water partition coefficient (Wildman–Crippen LogP) is 10.6. The van der Waals surface area contributed by atoms with Gasteiger partial charge in [-0.2, -0.15) is 0 Å². The summed E-state index contributed by atoms with van der Waals surface area (Å²) >= 11 is 0. The predicted molar refractivity (Wildman–Crippen MR) is 220 cm³/mol. The van der Waals surface area contributed by atoms with Crippen molar-refractivity contribution in [2.45, 2.75) is 138 Å². The lowest BCUT2D eigenvalue weighted by molar-refractivity contribution is -0.154. The fraction of sp³-hybridized carbons (Fsp3) is 0.633. The van der Waals surface area contributed by atoms with Crippen LogP contribution in [0.1, 0.15) is 130 Å². The highest BCUT2D eigenvalue weighted by Gasteiger charge is 2.59. The van der Waals surface area contributed by atoms with E-state index in [2.05, 4.69) is 52.0 Å². The first-order valence-corrected chi connectivity index (χ1v) is 21.5. The smallest absolute Gasteiger partial charge is 0.306 e. The summed E-state index contributed by atoms with van der Waals surface area (Å²) in [4.78, 5) is 55.9. The number of hydrogen-bond donors (Lipinski definition) is 0. The molecule has 4 saturated carbocycles. The second-order valence-electron chi connectivity index (χ2n) is 19.7. The number of fused-ring (bicyclic) bond motifs is 2. The van der Waals surface area contributed by atoms with E-state index in [4.69, 9.17) is 14.2 Å². The van der Waals surface area contributed by atoms with Gasteiger partial charge in [-0.3, -0.25) is 19.2 Å². The van der Waals surface area contributed by atoms with E-state index in [0.717, 1.165) is 71.9 Å². The third-order valence-electron chi connectivity index (χ3n) is 14.3. The van der Waals surface area contributed by atoms with Crippen molar-refractivity contribution in [3.63, 3.8) is 0 Å². The fourth-order valence-corrected chi connectivity index (χ4v) is 10.8. The summed E-state index contributed by atoms with van der Waals surface area (Å²) in [6.07, 6.45) is 11.7. The highest BCUT2D eigenvalue weighted by molar-refractivity contribution is 5.98. The van der Waals surface area contributed by atoms with Crippen molar-refractivity contribution in [1.29, 1.82) is 0 Å². The van der Waals surface area contributed by atoms with Crippen LogP contribution in [0, 0.1) is 59.2 Å². The Morgan fingerprint density at radius 2 is 1.62 bits per heavy atom. The van der Waals surface area contributed by atoms with Gasteiger partial charge in [-0.15, -0.1) is 0 Å². The van der Waals surface area contributed by atoms with Crippen LogP contribution in [-0.2, 0) is 23.9 Å². The fourth-order valence-electron chi connectivity index (χ4n) is 10.8. The zero-order valence-corrected chi connectivity index (χ0v) is 35.3. The number of esters is 1. The first-order chi connectivity index (χ1) is 26.5. The average molecular weight is 765 g/mol. The lowest BCUT2D eigenvalue weighted by Gasteiger charge is -2.32. The van der Waals surface area contributed by atoms with Crippen LogP contribution in [0.2, 0.25) is 0 Å². The summed E-state index contributed by atoms with van der Waals surface area (Å²) in [5.74, 6) is 1.47. The maximum absolute atomic E-state index is 14.9. The van der Waals surface area contributed by atoms with Gasteiger partial charge in [0.05, 0.1) is 13.5 Å². The van der Waals surface area contributed by atoms with E-state index in [1.54, 1.807) is 14.0 Å². The summed E-state index contributed by atoms with van der Waals surface area (Å²) in [5.41, 5.74) is 3.51. The Morgan fingerprint density at radius 1 is 0.911 bits per heavy atom. The molecule has 0 spiro atoms. The standard InChI is InChI=1S/C49H64O7/c1-10-35-25-49(35,29(5)50)26-43(51)40-22-37(23-41(40)47(53)42(48(6,7)8)24-46(52)56-36-18-32-17-33(32)19-36)55-45-21-34(31-12-11-30(16-31)15-27(2)3)20-39-28(4)44(54-9)14-13-38(39)45/h12-14,16,20-21,27,32-33,35-37,40-42H,10-11,15,17-19,22-26H2,1-9H3. The molecular formula is C49H64O7. The van der Waals surface area contributed by atoms with Crippen LogP contribution >= 0.6 is 0 Å². The van der Waals surface area contributed by atoms with Crippen LogP contribution in [0.15, 0.2) is 42.0 Å². The molecule has 0 saturated heterocycles. The van der Waals surface area contributed by atoms with Gasteiger partial charge in [0.1, 0.15) is 41.1 Å². The van der Waals surface area contributed by atoms with Crippen LogP contribution in [0.25, 0.3) is 16.3 Å². The van der Waals surface area contributed by atoms with Crippen molar-refractivity contribution in [2.24, 2.45) is 52.3 Å². The van der Waals surface area contributed by atoms with Gasteiger partial charge in [0, 0.05) is 35.0 Å². The minimum atomic E-state index is -0.633. The molecule has 4 fully saturated rings. The second-order valence-corrected chi connectivity index (χ2v) is 19.7. The Balaban J connectivity index is 1.19. The molecule has 2 aromatic rings. The average Bonchev–Trinajstić information content (AvgIpc) is 3.80. The lowest BCUT2D eigenvalue weighted by Crippen LogP contribution is -2.39. The van der Waals surface area contributed by atoms with Crippen LogP contribution < -0.4 is 9.47 Å². The van der Waals surface area contributed by atoms with Gasteiger partial charge in [-0.25, -0.2) is 0 Å². The zero-order valence-electron chi connectivity index (χ0n) is 35.3. The van der Waals surface area contributed by atoms with Crippen molar-refractivity contribution >= 4 is 39.7 Å². The van der Waals surface area contributed by atoms with E-state index < -0.39 is 34.7 Å². The van der Waals surface area contributed by atoms with E-state index >= 15 is 0 Å². The topological polar surface area (TPSA) is 96.0 Å². The first kappa shape index (κ1) is 40.5. The molecule has 5 aliphatic carbocycles. The van der Waals surface area contributed by atoms with E-state index in [-0.39, 0.29) is 48.2 Å². The molecule has 0 bridgehead atoms. The molecule has 0 N–H and O–H groups in total. The molecule has 0 amide bonds. The maximum Gasteiger partial charge on any atom is 0.306 e. The van der Waals surface area contributed by atoms with E-state index in [0.29, 0.717) is 30.6 Å². The Bertz CT molecular complexity index is 1950. The third kappa shape index (κ3) is 8.16. The van der Waals surface area contributed by atoms with Crippen LogP contribution in [0.3, 0.4) is 0 Å². The molecule has 302 valence electrons. The molecule has 5 aliphatic rings. The SMILES string of the molecule is CCC1CC1(CC(=O)C1CC(Oc2cc(C3=CCC(CC(C)C)=C3)cc3c(C)c(OC)ccc23)CC1C(=O)C(CC(=O)OC1CC2CC2C1)C(C)(C)C)C(C)=O. The summed E-state index contributed by atoms with van der Waals surface area (Å²) < 4.78 is 18.7.